The van der Waals surface area contributed by atoms with Gasteiger partial charge >= 0.3 is 5.97 Å². The summed E-state index contributed by atoms with van der Waals surface area (Å²) in [6, 6.07) is 4.95. The van der Waals surface area contributed by atoms with Gasteiger partial charge in [0.05, 0.1) is 19.8 Å². The number of rotatable bonds is 5. The molecule has 0 aliphatic carbocycles. The first-order valence-electron chi connectivity index (χ1n) is 5.59. The third-order valence-electron chi connectivity index (χ3n) is 2.61. The van der Waals surface area contributed by atoms with Crippen molar-refractivity contribution in [3.05, 3.63) is 23.8 Å². The largest absolute Gasteiger partial charge is 0.493 e. The van der Waals surface area contributed by atoms with Crippen LogP contribution in [0, 0.1) is 0 Å². The molecule has 1 rings (SSSR count). The van der Waals surface area contributed by atoms with Crippen LogP contribution in [-0.4, -0.2) is 45.4 Å². The molecule has 0 saturated carbocycles. The normalized spacial score (nSPS) is 12.1. The average molecular weight is 253 g/mol. The number of benzene rings is 1. The van der Waals surface area contributed by atoms with Gasteiger partial charge in [-0.15, -0.1) is 0 Å². The van der Waals surface area contributed by atoms with Crippen LogP contribution in [0.25, 0.3) is 0 Å². The van der Waals surface area contributed by atoms with Gasteiger partial charge in [-0.25, -0.2) is 4.79 Å². The maximum absolute atomic E-state index is 11.4. The van der Waals surface area contributed by atoms with Crippen LogP contribution in [-0.2, 0) is 4.74 Å². The van der Waals surface area contributed by atoms with Crippen LogP contribution < -0.4 is 9.47 Å². The molecule has 0 spiro atoms. The molecule has 0 aromatic heterocycles. The second kappa shape index (κ2) is 6.26. The summed E-state index contributed by atoms with van der Waals surface area (Å²) in [4.78, 5) is 13.3. The van der Waals surface area contributed by atoms with Gasteiger partial charge in [0.15, 0.2) is 11.5 Å². The third kappa shape index (κ3) is 3.37. The minimum absolute atomic E-state index is 0.0946. The van der Waals surface area contributed by atoms with Gasteiger partial charge in [-0.1, -0.05) is 0 Å². The number of ether oxygens (including phenoxy) is 3. The predicted octanol–water partition coefficient (Wildman–Crippen LogP) is 1.77. The minimum Gasteiger partial charge on any atom is -0.493 e. The Bertz CT molecular complexity index is 417. The highest BCUT2D eigenvalue weighted by Crippen LogP contribution is 2.29. The molecule has 0 N–H and O–H groups in total. The smallest absolute Gasteiger partial charge is 0.337 e. The SMILES string of the molecule is COC(=O)c1ccc(OC(C)N(C)C)c(OC)c1. The molecule has 5 heteroatoms. The standard InChI is InChI=1S/C13H19NO4/c1-9(14(2)3)18-11-7-6-10(13(15)17-5)8-12(11)16-4/h6-9H,1-5H3. The van der Waals surface area contributed by atoms with Crippen molar-refractivity contribution >= 4 is 5.97 Å². The summed E-state index contributed by atoms with van der Waals surface area (Å²) in [5, 5.41) is 0. The van der Waals surface area contributed by atoms with Gasteiger partial charge < -0.3 is 14.2 Å². The van der Waals surface area contributed by atoms with Gasteiger partial charge in [0.25, 0.3) is 0 Å². The van der Waals surface area contributed by atoms with E-state index in [-0.39, 0.29) is 6.23 Å². The van der Waals surface area contributed by atoms with Crippen molar-refractivity contribution in [3.8, 4) is 11.5 Å². The van der Waals surface area contributed by atoms with Crippen LogP contribution in [0.3, 0.4) is 0 Å². The Morgan fingerprint density at radius 1 is 1.22 bits per heavy atom. The summed E-state index contributed by atoms with van der Waals surface area (Å²) in [6.07, 6.45) is -0.0946. The lowest BCUT2D eigenvalue weighted by atomic mass is 10.2. The summed E-state index contributed by atoms with van der Waals surface area (Å²) in [5.41, 5.74) is 0.430. The lowest BCUT2D eigenvalue weighted by Gasteiger charge is -2.22. The van der Waals surface area contributed by atoms with Gasteiger partial charge in [0.1, 0.15) is 6.23 Å². The monoisotopic (exact) mass is 253 g/mol. The summed E-state index contributed by atoms with van der Waals surface area (Å²) < 4.78 is 15.6. The lowest BCUT2D eigenvalue weighted by Crippen LogP contribution is -2.30. The molecule has 0 aliphatic heterocycles. The van der Waals surface area contributed by atoms with Crippen LogP contribution in [0.4, 0.5) is 0 Å². The highest BCUT2D eigenvalue weighted by atomic mass is 16.5. The number of esters is 1. The highest BCUT2D eigenvalue weighted by Gasteiger charge is 2.14. The van der Waals surface area contributed by atoms with Crippen LogP contribution >= 0.6 is 0 Å². The number of methoxy groups -OCH3 is 2. The van der Waals surface area contributed by atoms with Crippen LogP contribution in [0.2, 0.25) is 0 Å². The van der Waals surface area contributed by atoms with E-state index in [1.54, 1.807) is 18.2 Å². The van der Waals surface area contributed by atoms with Crippen molar-refractivity contribution in [2.45, 2.75) is 13.2 Å². The van der Waals surface area contributed by atoms with E-state index in [9.17, 15) is 4.79 Å². The molecule has 0 fully saturated rings. The minimum atomic E-state index is -0.402. The van der Waals surface area contributed by atoms with Crippen molar-refractivity contribution in [2.24, 2.45) is 0 Å². The fourth-order valence-corrected chi connectivity index (χ4v) is 1.30. The van der Waals surface area contributed by atoms with E-state index in [1.807, 2.05) is 25.9 Å². The Morgan fingerprint density at radius 3 is 2.39 bits per heavy atom. The Morgan fingerprint density at radius 2 is 1.89 bits per heavy atom. The molecule has 1 aromatic rings. The first kappa shape index (κ1) is 14.3. The van der Waals surface area contributed by atoms with Crippen LogP contribution in [0.5, 0.6) is 11.5 Å². The van der Waals surface area contributed by atoms with Crippen molar-refractivity contribution in [2.75, 3.05) is 28.3 Å². The molecule has 0 radical (unpaired) electrons. The average Bonchev–Trinajstić information content (AvgIpc) is 2.37. The van der Waals surface area contributed by atoms with E-state index in [0.717, 1.165) is 0 Å². The molecule has 0 bridgehead atoms. The molecule has 1 atom stereocenters. The lowest BCUT2D eigenvalue weighted by molar-refractivity contribution is 0.0599. The number of hydrogen-bond donors (Lipinski definition) is 0. The summed E-state index contributed by atoms with van der Waals surface area (Å²) >= 11 is 0. The van der Waals surface area contributed by atoms with E-state index in [1.165, 1.54) is 14.2 Å². The van der Waals surface area contributed by atoms with E-state index < -0.39 is 5.97 Å². The first-order chi connectivity index (χ1) is 8.49. The highest BCUT2D eigenvalue weighted by molar-refractivity contribution is 5.90. The molecule has 0 heterocycles. The van der Waals surface area contributed by atoms with Gasteiger partial charge in [0.2, 0.25) is 0 Å². The van der Waals surface area contributed by atoms with E-state index in [0.29, 0.717) is 17.1 Å². The number of nitrogens with zero attached hydrogens (tertiary/aromatic N) is 1. The molecule has 0 aliphatic rings. The molecule has 1 unspecified atom stereocenters. The number of carbonyl (C=O) groups excluding carboxylic acids is 1. The Kier molecular flexibility index (Phi) is 4.97. The second-order valence-corrected chi connectivity index (χ2v) is 4.04. The van der Waals surface area contributed by atoms with Gasteiger partial charge in [-0.3, -0.25) is 4.90 Å². The third-order valence-corrected chi connectivity index (χ3v) is 2.61. The zero-order valence-electron chi connectivity index (χ0n) is 11.4. The van der Waals surface area contributed by atoms with Gasteiger partial charge in [-0.2, -0.15) is 0 Å². The van der Waals surface area contributed by atoms with E-state index in [2.05, 4.69) is 4.74 Å². The maximum Gasteiger partial charge on any atom is 0.337 e. The summed E-state index contributed by atoms with van der Waals surface area (Å²) in [6.45, 7) is 1.92. The molecule has 1 aromatic carbocycles. The number of hydrogen-bond acceptors (Lipinski definition) is 5. The molecular weight excluding hydrogens is 234 g/mol. The Hall–Kier alpha value is -1.75. The van der Waals surface area contributed by atoms with Crippen molar-refractivity contribution < 1.29 is 19.0 Å². The summed E-state index contributed by atoms with van der Waals surface area (Å²) in [5.74, 6) is 0.693. The van der Waals surface area contributed by atoms with E-state index in [4.69, 9.17) is 9.47 Å². The van der Waals surface area contributed by atoms with Gasteiger partial charge in [0, 0.05) is 0 Å². The van der Waals surface area contributed by atoms with Crippen molar-refractivity contribution in [3.63, 3.8) is 0 Å². The zero-order chi connectivity index (χ0) is 13.7. The summed E-state index contributed by atoms with van der Waals surface area (Å²) in [7, 11) is 6.71. The Balaban J connectivity index is 2.97. The fraction of sp³-hybridized carbons (Fsp3) is 0.462. The van der Waals surface area contributed by atoms with Gasteiger partial charge in [-0.05, 0) is 39.2 Å². The topological polar surface area (TPSA) is 48.0 Å². The van der Waals surface area contributed by atoms with Crippen molar-refractivity contribution in [1.29, 1.82) is 0 Å². The van der Waals surface area contributed by atoms with E-state index >= 15 is 0 Å². The van der Waals surface area contributed by atoms with Crippen LogP contribution in [0.1, 0.15) is 17.3 Å². The first-order valence-corrected chi connectivity index (χ1v) is 5.59. The molecule has 0 amide bonds. The fourth-order valence-electron chi connectivity index (χ4n) is 1.30. The van der Waals surface area contributed by atoms with Crippen LogP contribution in [0.15, 0.2) is 18.2 Å². The number of carbonyl (C=O) groups is 1. The zero-order valence-corrected chi connectivity index (χ0v) is 11.4. The maximum atomic E-state index is 11.4. The Labute approximate surface area is 107 Å². The van der Waals surface area contributed by atoms with Crippen molar-refractivity contribution in [1.82, 2.24) is 4.90 Å². The quantitative estimate of drug-likeness (QED) is 0.591. The molecule has 18 heavy (non-hydrogen) atoms. The second-order valence-electron chi connectivity index (χ2n) is 4.04. The molecule has 0 saturated heterocycles. The predicted molar refractivity (Wildman–Crippen MR) is 68.1 cm³/mol. The molecule has 100 valence electrons. The molecular formula is C13H19NO4. The molecule has 5 nitrogen and oxygen atoms in total.